The Morgan fingerprint density at radius 3 is 1.90 bits per heavy atom. The van der Waals surface area contributed by atoms with Crippen LogP contribution in [0.4, 0.5) is 0 Å². The van der Waals surface area contributed by atoms with Crippen LogP contribution < -0.4 is 0 Å². The molecule has 0 heterocycles. The van der Waals surface area contributed by atoms with Crippen LogP contribution in [0.3, 0.4) is 0 Å². The zero-order valence-corrected chi connectivity index (χ0v) is 16.0. The van der Waals surface area contributed by atoms with Gasteiger partial charge >= 0.3 is 0 Å². The Bertz CT molecular complexity index is 317. The van der Waals surface area contributed by atoms with Gasteiger partial charge in [0.05, 0.1) is 12.2 Å². The summed E-state index contributed by atoms with van der Waals surface area (Å²) in [5, 5.41) is 9.75. The molecule has 2 saturated carbocycles. The maximum absolute atomic E-state index is 9.75. The van der Waals surface area contributed by atoms with Crippen LogP contribution in [0.5, 0.6) is 0 Å². The molecule has 0 aliphatic heterocycles. The van der Waals surface area contributed by atoms with Crippen molar-refractivity contribution in [1.82, 2.24) is 0 Å². The molecule has 1 N–H and O–H groups in total. The molecule has 0 saturated heterocycles. The topological polar surface area (TPSA) is 29.5 Å². The van der Waals surface area contributed by atoms with E-state index in [4.69, 9.17) is 4.43 Å². The van der Waals surface area contributed by atoms with Gasteiger partial charge in [0.15, 0.2) is 9.04 Å². The summed E-state index contributed by atoms with van der Waals surface area (Å²) < 4.78 is 6.45. The van der Waals surface area contributed by atoms with Crippen LogP contribution in [-0.4, -0.2) is 26.4 Å². The molecular weight excluding hydrogens is 276 g/mol. The first kappa shape index (κ1) is 17.5. The first-order valence-corrected chi connectivity index (χ1v) is 11.8. The summed E-state index contributed by atoms with van der Waals surface area (Å²) in [6.07, 6.45) is 10.4. The quantitative estimate of drug-likeness (QED) is 0.777. The number of hydrogen-bond donors (Lipinski definition) is 1. The highest BCUT2D eigenvalue weighted by Gasteiger charge is 2.42. The fourth-order valence-electron chi connectivity index (χ4n) is 4.59. The minimum absolute atomic E-state index is 0.0223. The van der Waals surface area contributed by atoms with Crippen molar-refractivity contribution in [2.75, 3.05) is 0 Å². The third-order valence-corrected chi connectivity index (χ3v) is 6.64. The van der Waals surface area contributed by atoms with Crippen molar-refractivity contribution in [1.29, 1.82) is 0 Å². The smallest absolute Gasteiger partial charge is 0.171 e. The van der Waals surface area contributed by atoms with Gasteiger partial charge in [-0.2, -0.15) is 0 Å². The maximum Gasteiger partial charge on any atom is 0.171 e. The first-order chi connectivity index (χ1) is 9.72. The number of aliphatic hydroxyl groups is 1. The molecule has 0 amide bonds. The second-order valence-corrected chi connectivity index (χ2v) is 11.4. The van der Waals surface area contributed by atoms with E-state index in [9.17, 15) is 5.11 Å². The highest BCUT2D eigenvalue weighted by atomic mass is 28.3. The van der Waals surface area contributed by atoms with E-state index in [0.29, 0.717) is 11.5 Å². The van der Waals surface area contributed by atoms with Crippen molar-refractivity contribution < 1.29 is 9.53 Å². The monoisotopic (exact) mass is 312 g/mol. The summed E-state index contributed by atoms with van der Waals surface area (Å²) in [7, 11) is -0.983. The molecule has 2 aliphatic rings. The molecule has 21 heavy (non-hydrogen) atoms. The summed E-state index contributed by atoms with van der Waals surface area (Å²) in [6, 6.07) is 0. The van der Waals surface area contributed by atoms with E-state index in [2.05, 4.69) is 33.9 Å². The van der Waals surface area contributed by atoms with E-state index >= 15 is 0 Å². The Labute approximate surface area is 133 Å². The van der Waals surface area contributed by atoms with Crippen molar-refractivity contribution in [2.45, 2.75) is 97.4 Å². The van der Waals surface area contributed by atoms with Gasteiger partial charge in [0, 0.05) is 0 Å². The van der Waals surface area contributed by atoms with Gasteiger partial charge in [0.1, 0.15) is 0 Å². The fourth-order valence-corrected chi connectivity index (χ4v) is 5.80. The first-order valence-electron chi connectivity index (χ1n) is 9.05. The van der Waals surface area contributed by atoms with E-state index in [1.807, 2.05) is 0 Å². The molecule has 124 valence electrons. The van der Waals surface area contributed by atoms with Gasteiger partial charge in [-0.05, 0) is 81.2 Å². The van der Waals surface area contributed by atoms with Crippen LogP contribution in [-0.2, 0) is 4.43 Å². The second kappa shape index (κ2) is 6.72. The number of hydrogen-bond acceptors (Lipinski definition) is 2. The predicted molar refractivity (Wildman–Crippen MR) is 92.1 cm³/mol. The van der Waals surface area contributed by atoms with Crippen molar-refractivity contribution in [3.05, 3.63) is 0 Å². The van der Waals surface area contributed by atoms with Crippen LogP contribution in [0, 0.1) is 16.7 Å². The van der Waals surface area contributed by atoms with Crippen molar-refractivity contribution >= 4 is 9.04 Å². The molecule has 0 radical (unpaired) electrons. The lowest BCUT2D eigenvalue weighted by molar-refractivity contribution is -0.0238. The largest absolute Gasteiger partial charge is 0.417 e. The molecule has 2 aliphatic carbocycles. The van der Waals surface area contributed by atoms with Gasteiger partial charge in [-0.15, -0.1) is 0 Å². The van der Waals surface area contributed by atoms with Gasteiger partial charge < -0.3 is 9.53 Å². The standard InChI is InChI=1S/C18H36O2Si/c1-17(2,3)16(20-21(4)5)14-6-10-18(11-7-14)12-8-15(19)9-13-18/h14-16,19,21H,6-13H2,1-5H3. The average molecular weight is 313 g/mol. The minimum Gasteiger partial charge on any atom is -0.417 e. The number of rotatable bonds is 3. The van der Waals surface area contributed by atoms with Gasteiger partial charge in [0.2, 0.25) is 0 Å². The van der Waals surface area contributed by atoms with Gasteiger partial charge in [-0.25, -0.2) is 0 Å². The maximum atomic E-state index is 9.75. The van der Waals surface area contributed by atoms with E-state index in [0.717, 1.165) is 18.8 Å². The van der Waals surface area contributed by atoms with Crippen LogP contribution in [0.25, 0.3) is 0 Å². The van der Waals surface area contributed by atoms with E-state index in [-0.39, 0.29) is 11.5 Å². The lowest BCUT2D eigenvalue weighted by Crippen LogP contribution is -2.43. The molecule has 0 aromatic carbocycles. The van der Waals surface area contributed by atoms with Crippen LogP contribution in [0.2, 0.25) is 13.1 Å². The Hall–Kier alpha value is 0.137. The van der Waals surface area contributed by atoms with Crippen LogP contribution >= 0.6 is 0 Å². The molecule has 1 spiro atoms. The van der Waals surface area contributed by atoms with Gasteiger partial charge in [-0.3, -0.25) is 0 Å². The molecule has 0 aromatic rings. The van der Waals surface area contributed by atoms with E-state index < -0.39 is 9.04 Å². The summed E-state index contributed by atoms with van der Waals surface area (Å²) in [6.45, 7) is 11.6. The molecule has 0 aromatic heterocycles. The van der Waals surface area contributed by atoms with E-state index in [1.165, 1.54) is 38.5 Å². The highest BCUT2D eigenvalue weighted by molar-refractivity contribution is 6.48. The van der Waals surface area contributed by atoms with Crippen LogP contribution in [0.15, 0.2) is 0 Å². The zero-order chi connectivity index (χ0) is 15.7. The molecule has 2 nitrogen and oxygen atoms in total. The molecular formula is C18H36O2Si. The fraction of sp³-hybridized carbons (Fsp3) is 1.00. The van der Waals surface area contributed by atoms with Gasteiger partial charge in [-0.1, -0.05) is 20.8 Å². The lowest BCUT2D eigenvalue weighted by atomic mass is 9.61. The summed E-state index contributed by atoms with van der Waals surface area (Å²) in [4.78, 5) is 0. The molecule has 2 rings (SSSR count). The SMILES string of the molecule is C[SiH](C)OC(C1CCC2(CCC(O)CC2)CC1)C(C)(C)C. The Kier molecular flexibility index (Phi) is 5.59. The van der Waals surface area contributed by atoms with E-state index in [1.54, 1.807) is 0 Å². The summed E-state index contributed by atoms with van der Waals surface area (Å²) >= 11 is 0. The van der Waals surface area contributed by atoms with Gasteiger partial charge in [0.25, 0.3) is 0 Å². The molecule has 2 fully saturated rings. The number of aliphatic hydroxyl groups excluding tert-OH is 1. The average Bonchev–Trinajstić information content (AvgIpc) is 2.40. The minimum atomic E-state index is -0.983. The molecule has 1 unspecified atom stereocenters. The Morgan fingerprint density at radius 2 is 1.48 bits per heavy atom. The van der Waals surface area contributed by atoms with Crippen molar-refractivity contribution in [3.63, 3.8) is 0 Å². The lowest BCUT2D eigenvalue weighted by Gasteiger charge is -2.48. The molecule has 3 heteroatoms. The Balaban J connectivity index is 1.95. The third kappa shape index (κ3) is 4.55. The third-order valence-electron chi connectivity index (χ3n) is 5.81. The molecule has 0 bridgehead atoms. The predicted octanol–water partition coefficient (Wildman–Crippen LogP) is 4.51. The summed E-state index contributed by atoms with van der Waals surface area (Å²) in [5.74, 6) is 0.748. The Morgan fingerprint density at radius 1 is 1.00 bits per heavy atom. The van der Waals surface area contributed by atoms with Crippen molar-refractivity contribution in [2.24, 2.45) is 16.7 Å². The molecule has 1 atom stereocenters. The zero-order valence-electron chi connectivity index (χ0n) is 14.8. The van der Waals surface area contributed by atoms with Crippen LogP contribution in [0.1, 0.15) is 72.1 Å². The highest BCUT2D eigenvalue weighted by Crippen LogP contribution is 2.51. The summed E-state index contributed by atoms with van der Waals surface area (Å²) in [5.41, 5.74) is 0.822. The second-order valence-electron chi connectivity index (χ2n) is 9.04. The normalized spacial score (nSPS) is 36.1. The van der Waals surface area contributed by atoms with Crippen molar-refractivity contribution in [3.8, 4) is 0 Å².